The molecule has 0 fully saturated rings. The summed E-state index contributed by atoms with van der Waals surface area (Å²) in [5.41, 5.74) is 11.1. The smallest absolute Gasteiger partial charge is 0.0281 e. The molecule has 0 heterocycles. The summed E-state index contributed by atoms with van der Waals surface area (Å²) in [5.74, 6) is 0.956. The second-order valence-corrected chi connectivity index (χ2v) is 2.89. The zero-order chi connectivity index (χ0) is 6.57. The quantitative estimate of drug-likeness (QED) is 0.572. The summed E-state index contributed by atoms with van der Waals surface area (Å²) in [5, 5.41) is 0. The molecular formula is C5H14N2S. The van der Waals surface area contributed by atoms with Gasteiger partial charge < -0.3 is 11.5 Å². The van der Waals surface area contributed by atoms with E-state index in [-0.39, 0.29) is 12.1 Å². The summed E-state index contributed by atoms with van der Waals surface area (Å²) in [6.45, 7) is 1.93. The zero-order valence-electron chi connectivity index (χ0n) is 5.42. The van der Waals surface area contributed by atoms with Gasteiger partial charge in [0.05, 0.1) is 0 Å². The van der Waals surface area contributed by atoms with Crippen LogP contribution in [0.2, 0.25) is 0 Å². The summed E-state index contributed by atoms with van der Waals surface area (Å²) < 4.78 is 0. The van der Waals surface area contributed by atoms with Crippen LogP contribution in [0.1, 0.15) is 6.92 Å². The molecule has 0 saturated heterocycles. The van der Waals surface area contributed by atoms with Crippen molar-refractivity contribution in [3.63, 3.8) is 0 Å². The summed E-state index contributed by atoms with van der Waals surface area (Å²) in [6.07, 6.45) is 2.03. The van der Waals surface area contributed by atoms with Crippen LogP contribution in [0, 0.1) is 0 Å². The fourth-order valence-corrected chi connectivity index (χ4v) is 1.03. The monoisotopic (exact) mass is 134 g/mol. The van der Waals surface area contributed by atoms with Crippen LogP contribution in [-0.2, 0) is 0 Å². The third-order valence-electron chi connectivity index (χ3n) is 1.03. The maximum atomic E-state index is 5.58. The first-order chi connectivity index (χ1) is 3.68. The van der Waals surface area contributed by atoms with Crippen LogP contribution in [0.4, 0.5) is 0 Å². The Labute approximate surface area is 55.0 Å². The standard InChI is InChI=1S/C5H14N2S/c1-4(6)5(7)3-8-2/h4-5H,3,6-7H2,1-2H3/t4-,5?/m0/s1. The van der Waals surface area contributed by atoms with Gasteiger partial charge in [0.2, 0.25) is 0 Å². The Balaban J connectivity index is 3.17. The highest BCUT2D eigenvalue weighted by Gasteiger charge is 2.04. The topological polar surface area (TPSA) is 52.0 Å². The van der Waals surface area contributed by atoms with Gasteiger partial charge in [-0.1, -0.05) is 0 Å². The molecule has 0 aromatic heterocycles. The molecule has 0 aromatic rings. The van der Waals surface area contributed by atoms with Crippen LogP contribution in [0.5, 0.6) is 0 Å². The van der Waals surface area contributed by atoms with Crippen LogP contribution >= 0.6 is 11.8 Å². The van der Waals surface area contributed by atoms with Gasteiger partial charge in [-0.15, -0.1) is 0 Å². The van der Waals surface area contributed by atoms with Crippen LogP contribution in [-0.4, -0.2) is 24.1 Å². The molecule has 8 heavy (non-hydrogen) atoms. The average molecular weight is 134 g/mol. The Morgan fingerprint density at radius 1 is 1.50 bits per heavy atom. The van der Waals surface area contributed by atoms with Crippen molar-refractivity contribution in [3.05, 3.63) is 0 Å². The van der Waals surface area contributed by atoms with Gasteiger partial charge in [-0.3, -0.25) is 0 Å². The minimum absolute atomic E-state index is 0.127. The molecule has 1 unspecified atom stereocenters. The molecule has 2 nitrogen and oxygen atoms in total. The third kappa shape index (κ3) is 3.29. The Kier molecular flexibility index (Phi) is 4.32. The van der Waals surface area contributed by atoms with Crippen molar-refractivity contribution in [3.8, 4) is 0 Å². The van der Waals surface area contributed by atoms with Crippen molar-refractivity contribution in [2.24, 2.45) is 11.5 Å². The molecule has 0 saturated carbocycles. The van der Waals surface area contributed by atoms with Crippen molar-refractivity contribution < 1.29 is 0 Å². The first-order valence-electron chi connectivity index (χ1n) is 2.68. The third-order valence-corrected chi connectivity index (χ3v) is 1.75. The lowest BCUT2D eigenvalue weighted by atomic mass is 10.2. The van der Waals surface area contributed by atoms with Crippen molar-refractivity contribution in [2.75, 3.05) is 12.0 Å². The zero-order valence-corrected chi connectivity index (χ0v) is 6.24. The molecule has 50 valence electrons. The molecule has 0 spiro atoms. The number of hydrogen-bond acceptors (Lipinski definition) is 3. The molecule has 0 bridgehead atoms. The SMILES string of the molecule is CSCC(N)[C@H](C)N. The van der Waals surface area contributed by atoms with Gasteiger partial charge in [-0.05, 0) is 13.2 Å². The van der Waals surface area contributed by atoms with Gasteiger partial charge in [0.1, 0.15) is 0 Å². The van der Waals surface area contributed by atoms with Crippen LogP contribution in [0.3, 0.4) is 0 Å². The summed E-state index contributed by atoms with van der Waals surface area (Å²) in [7, 11) is 0. The molecule has 0 radical (unpaired) electrons. The molecule has 0 aromatic carbocycles. The van der Waals surface area contributed by atoms with Crippen molar-refractivity contribution in [1.29, 1.82) is 0 Å². The lowest BCUT2D eigenvalue weighted by molar-refractivity contribution is 0.611. The highest BCUT2D eigenvalue weighted by Crippen LogP contribution is 1.96. The predicted molar refractivity (Wildman–Crippen MR) is 40.0 cm³/mol. The highest BCUT2D eigenvalue weighted by atomic mass is 32.2. The first kappa shape index (κ1) is 8.27. The summed E-state index contributed by atoms with van der Waals surface area (Å²) >= 11 is 1.73. The van der Waals surface area contributed by atoms with E-state index in [9.17, 15) is 0 Å². The second kappa shape index (κ2) is 4.18. The molecule has 4 N–H and O–H groups in total. The van der Waals surface area contributed by atoms with E-state index in [0.717, 1.165) is 5.75 Å². The van der Waals surface area contributed by atoms with E-state index in [1.54, 1.807) is 11.8 Å². The van der Waals surface area contributed by atoms with E-state index in [4.69, 9.17) is 11.5 Å². The highest BCUT2D eigenvalue weighted by molar-refractivity contribution is 7.98. The van der Waals surface area contributed by atoms with Gasteiger partial charge in [0.15, 0.2) is 0 Å². The van der Waals surface area contributed by atoms with E-state index in [1.807, 2.05) is 13.2 Å². The van der Waals surface area contributed by atoms with E-state index in [2.05, 4.69) is 0 Å². The van der Waals surface area contributed by atoms with E-state index < -0.39 is 0 Å². The lowest BCUT2D eigenvalue weighted by Crippen LogP contribution is -2.40. The maximum absolute atomic E-state index is 5.58. The van der Waals surface area contributed by atoms with E-state index >= 15 is 0 Å². The minimum atomic E-state index is 0.127. The van der Waals surface area contributed by atoms with Crippen molar-refractivity contribution in [1.82, 2.24) is 0 Å². The number of rotatable bonds is 3. The Morgan fingerprint density at radius 3 is 2.12 bits per heavy atom. The normalized spacial score (nSPS) is 18.0. The lowest BCUT2D eigenvalue weighted by Gasteiger charge is -2.12. The van der Waals surface area contributed by atoms with Gasteiger partial charge in [-0.2, -0.15) is 11.8 Å². The first-order valence-corrected chi connectivity index (χ1v) is 4.08. The van der Waals surface area contributed by atoms with Crippen LogP contribution in [0.25, 0.3) is 0 Å². The summed E-state index contributed by atoms with van der Waals surface area (Å²) in [4.78, 5) is 0. The molecule has 0 amide bonds. The summed E-state index contributed by atoms with van der Waals surface area (Å²) in [6, 6.07) is 0.285. The molecule has 2 atom stereocenters. The molecular weight excluding hydrogens is 120 g/mol. The van der Waals surface area contributed by atoms with Crippen molar-refractivity contribution >= 4 is 11.8 Å². The molecule has 0 rings (SSSR count). The number of hydrogen-bond donors (Lipinski definition) is 2. The fraction of sp³-hybridized carbons (Fsp3) is 1.00. The van der Waals surface area contributed by atoms with Gasteiger partial charge in [0, 0.05) is 17.8 Å². The van der Waals surface area contributed by atoms with Crippen LogP contribution in [0.15, 0.2) is 0 Å². The predicted octanol–water partition coefficient (Wildman–Crippen LogP) is 0.0239. The van der Waals surface area contributed by atoms with Gasteiger partial charge >= 0.3 is 0 Å². The molecule has 0 aliphatic carbocycles. The number of nitrogens with two attached hydrogens (primary N) is 2. The molecule has 3 heteroatoms. The molecule has 0 aliphatic rings. The van der Waals surface area contributed by atoms with Gasteiger partial charge in [-0.25, -0.2) is 0 Å². The largest absolute Gasteiger partial charge is 0.327 e. The van der Waals surface area contributed by atoms with E-state index in [1.165, 1.54) is 0 Å². The molecule has 0 aliphatic heterocycles. The Hall–Kier alpha value is 0.270. The fourth-order valence-electron chi connectivity index (χ4n) is 0.344. The Morgan fingerprint density at radius 2 is 2.00 bits per heavy atom. The van der Waals surface area contributed by atoms with E-state index in [0.29, 0.717) is 0 Å². The van der Waals surface area contributed by atoms with Gasteiger partial charge in [0.25, 0.3) is 0 Å². The van der Waals surface area contributed by atoms with Crippen molar-refractivity contribution in [2.45, 2.75) is 19.0 Å². The second-order valence-electron chi connectivity index (χ2n) is 1.98. The minimum Gasteiger partial charge on any atom is -0.327 e. The Bertz CT molecular complexity index is 56.4. The maximum Gasteiger partial charge on any atom is 0.0281 e. The average Bonchev–Trinajstić information content (AvgIpc) is 1.67. The number of thioether (sulfide) groups is 1. The van der Waals surface area contributed by atoms with Crippen LogP contribution < -0.4 is 11.5 Å².